The number of carbonyl (C=O) groups excluding carboxylic acids is 3. The number of morpholine rings is 1. The maximum absolute atomic E-state index is 12.7. The number of nitrogens with zero attached hydrogens (tertiary/aromatic N) is 2. The Morgan fingerprint density at radius 1 is 1.29 bits per heavy atom. The van der Waals surface area contributed by atoms with Gasteiger partial charge in [-0.3, -0.25) is 9.59 Å². The SMILES string of the molecule is CN1CC(=O)N(c2cccc(NC(=O)[C@H]3CC[C@H]4OCCN[C@@H]4C3)c2)C1=O.Cl. The van der Waals surface area contributed by atoms with Crippen molar-refractivity contribution in [2.75, 3.05) is 37.0 Å². The molecule has 152 valence electrons. The van der Waals surface area contributed by atoms with Crippen molar-refractivity contribution in [3.63, 3.8) is 0 Å². The van der Waals surface area contributed by atoms with Gasteiger partial charge >= 0.3 is 6.03 Å². The molecule has 3 fully saturated rings. The molecule has 4 amide bonds. The minimum Gasteiger partial charge on any atom is -0.375 e. The quantitative estimate of drug-likeness (QED) is 0.741. The average molecular weight is 409 g/mol. The molecule has 3 aliphatic rings. The van der Waals surface area contributed by atoms with Crippen LogP contribution in [0.2, 0.25) is 0 Å². The molecule has 28 heavy (non-hydrogen) atoms. The lowest BCUT2D eigenvalue weighted by molar-refractivity contribution is -0.123. The second kappa shape index (κ2) is 8.46. The molecule has 0 unspecified atom stereocenters. The van der Waals surface area contributed by atoms with Gasteiger partial charge in [-0.05, 0) is 37.5 Å². The number of hydrogen-bond acceptors (Lipinski definition) is 5. The first kappa shape index (κ1) is 20.6. The number of fused-ring (bicyclic) bond motifs is 1. The normalized spacial score (nSPS) is 27.2. The van der Waals surface area contributed by atoms with Gasteiger partial charge in [-0.2, -0.15) is 0 Å². The van der Waals surface area contributed by atoms with Gasteiger partial charge in [0, 0.05) is 31.2 Å². The van der Waals surface area contributed by atoms with Crippen LogP contribution in [0.25, 0.3) is 0 Å². The number of benzene rings is 1. The highest BCUT2D eigenvalue weighted by molar-refractivity contribution is 6.19. The summed E-state index contributed by atoms with van der Waals surface area (Å²) in [5.41, 5.74) is 1.06. The summed E-state index contributed by atoms with van der Waals surface area (Å²) >= 11 is 0. The second-order valence-electron chi connectivity index (χ2n) is 7.39. The maximum atomic E-state index is 12.7. The summed E-state index contributed by atoms with van der Waals surface area (Å²) in [5.74, 6) is -0.382. The lowest BCUT2D eigenvalue weighted by atomic mass is 9.82. The van der Waals surface area contributed by atoms with Crippen molar-refractivity contribution in [3.8, 4) is 0 Å². The van der Waals surface area contributed by atoms with E-state index in [0.29, 0.717) is 11.4 Å². The third-order valence-corrected chi connectivity index (χ3v) is 5.51. The molecule has 2 heterocycles. The van der Waals surface area contributed by atoms with Crippen LogP contribution in [0, 0.1) is 5.92 Å². The minimum absolute atomic E-state index is 0. The van der Waals surface area contributed by atoms with Crippen molar-refractivity contribution in [1.29, 1.82) is 0 Å². The number of ether oxygens (including phenoxy) is 1. The van der Waals surface area contributed by atoms with Crippen molar-refractivity contribution < 1.29 is 19.1 Å². The van der Waals surface area contributed by atoms with Gasteiger partial charge in [0.15, 0.2) is 0 Å². The summed E-state index contributed by atoms with van der Waals surface area (Å²) in [6, 6.07) is 6.73. The lowest BCUT2D eigenvalue weighted by Gasteiger charge is -2.39. The average Bonchev–Trinajstić information content (AvgIpc) is 2.93. The molecule has 2 aliphatic heterocycles. The molecule has 9 heteroatoms. The van der Waals surface area contributed by atoms with Crippen LogP contribution in [-0.4, -0.2) is 61.6 Å². The summed E-state index contributed by atoms with van der Waals surface area (Å²) in [6.07, 6.45) is 2.63. The first-order valence-corrected chi connectivity index (χ1v) is 9.37. The van der Waals surface area contributed by atoms with E-state index in [0.717, 1.165) is 37.3 Å². The highest BCUT2D eigenvalue weighted by atomic mass is 35.5. The van der Waals surface area contributed by atoms with E-state index in [2.05, 4.69) is 10.6 Å². The van der Waals surface area contributed by atoms with E-state index in [-0.39, 0.29) is 54.9 Å². The zero-order valence-electron chi connectivity index (χ0n) is 15.7. The van der Waals surface area contributed by atoms with Crippen molar-refractivity contribution >= 4 is 41.6 Å². The fourth-order valence-electron chi connectivity index (χ4n) is 4.09. The van der Waals surface area contributed by atoms with Crippen LogP contribution in [0.4, 0.5) is 16.2 Å². The molecule has 1 saturated carbocycles. The van der Waals surface area contributed by atoms with Gasteiger partial charge in [0.2, 0.25) is 5.91 Å². The molecule has 1 aromatic carbocycles. The third kappa shape index (κ3) is 3.99. The fourth-order valence-corrected chi connectivity index (χ4v) is 4.09. The number of rotatable bonds is 3. The number of hydrogen-bond donors (Lipinski definition) is 2. The standard InChI is InChI=1S/C19H24N4O4.ClH/c1-22-11-17(24)23(19(22)26)14-4-2-3-13(10-14)21-18(25)12-5-6-16-15(9-12)20-7-8-27-16;/h2-4,10,12,15-16,20H,5-9,11H2,1H3,(H,21,25);1H/t12-,15+,16+;/m0./s1. The van der Waals surface area contributed by atoms with Crippen LogP contribution >= 0.6 is 12.4 Å². The Labute approximate surface area is 170 Å². The number of carbonyl (C=O) groups is 3. The molecule has 1 aliphatic carbocycles. The number of likely N-dealkylation sites (N-methyl/N-ethyl adjacent to an activating group) is 1. The molecular formula is C19H25ClN4O4. The summed E-state index contributed by atoms with van der Waals surface area (Å²) in [5, 5.41) is 6.38. The van der Waals surface area contributed by atoms with Crippen LogP contribution in [0.1, 0.15) is 19.3 Å². The van der Waals surface area contributed by atoms with Crippen LogP contribution in [0.15, 0.2) is 24.3 Å². The van der Waals surface area contributed by atoms with Gasteiger partial charge in [0.05, 0.1) is 18.4 Å². The van der Waals surface area contributed by atoms with Crippen LogP contribution in [0.5, 0.6) is 0 Å². The van der Waals surface area contributed by atoms with Crippen molar-refractivity contribution in [1.82, 2.24) is 10.2 Å². The molecule has 0 bridgehead atoms. The van der Waals surface area contributed by atoms with E-state index in [4.69, 9.17) is 4.74 Å². The van der Waals surface area contributed by atoms with E-state index < -0.39 is 0 Å². The smallest absolute Gasteiger partial charge is 0.331 e. The first-order valence-electron chi connectivity index (χ1n) is 9.37. The van der Waals surface area contributed by atoms with E-state index in [1.807, 2.05) is 0 Å². The Morgan fingerprint density at radius 3 is 2.86 bits per heavy atom. The summed E-state index contributed by atoms with van der Waals surface area (Å²) < 4.78 is 5.76. The predicted molar refractivity (Wildman–Crippen MR) is 107 cm³/mol. The molecular weight excluding hydrogens is 384 g/mol. The number of amides is 4. The largest absolute Gasteiger partial charge is 0.375 e. The van der Waals surface area contributed by atoms with E-state index in [9.17, 15) is 14.4 Å². The zero-order chi connectivity index (χ0) is 19.0. The summed E-state index contributed by atoms with van der Waals surface area (Å²) in [4.78, 5) is 39.5. The van der Waals surface area contributed by atoms with Crippen LogP contribution in [-0.2, 0) is 14.3 Å². The van der Waals surface area contributed by atoms with E-state index in [1.54, 1.807) is 31.3 Å². The maximum Gasteiger partial charge on any atom is 0.331 e. The monoisotopic (exact) mass is 408 g/mol. The first-order chi connectivity index (χ1) is 13.0. The predicted octanol–water partition coefficient (Wildman–Crippen LogP) is 1.60. The Hall–Kier alpha value is -2.16. The van der Waals surface area contributed by atoms with Gasteiger partial charge in [0.1, 0.15) is 6.54 Å². The Bertz CT molecular complexity index is 774. The molecule has 1 aromatic rings. The number of imide groups is 1. The van der Waals surface area contributed by atoms with Gasteiger partial charge in [-0.15, -0.1) is 12.4 Å². The Balaban J connectivity index is 0.00000225. The van der Waals surface area contributed by atoms with Gasteiger partial charge < -0.3 is 20.3 Å². The van der Waals surface area contributed by atoms with Gasteiger partial charge in [0.25, 0.3) is 5.91 Å². The Kier molecular flexibility index (Phi) is 6.22. The van der Waals surface area contributed by atoms with Gasteiger partial charge in [-0.1, -0.05) is 6.07 Å². The number of urea groups is 1. The van der Waals surface area contributed by atoms with Crippen molar-refractivity contribution in [2.45, 2.75) is 31.4 Å². The molecule has 0 aromatic heterocycles. The lowest BCUT2D eigenvalue weighted by Crippen LogP contribution is -2.52. The highest BCUT2D eigenvalue weighted by Gasteiger charge is 2.37. The molecule has 0 spiro atoms. The summed E-state index contributed by atoms with van der Waals surface area (Å²) in [6.45, 7) is 1.62. The molecule has 2 N–H and O–H groups in total. The van der Waals surface area contributed by atoms with E-state index in [1.165, 1.54) is 4.90 Å². The topological polar surface area (TPSA) is 91.0 Å². The van der Waals surface area contributed by atoms with Crippen molar-refractivity contribution in [3.05, 3.63) is 24.3 Å². The summed E-state index contributed by atoms with van der Waals surface area (Å²) in [7, 11) is 1.59. The zero-order valence-corrected chi connectivity index (χ0v) is 16.5. The molecule has 2 saturated heterocycles. The van der Waals surface area contributed by atoms with Gasteiger partial charge in [-0.25, -0.2) is 9.69 Å². The third-order valence-electron chi connectivity index (χ3n) is 5.51. The number of halogens is 1. The molecule has 0 radical (unpaired) electrons. The highest BCUT2D eigenvalue weighted by Crippen LogP contribution is 2.30. The second-order valence-corrected chi connectivity index (χ2v) is 7.39. The van der Waals surface area contributed by atoms with E-state index >= 15 is 0 Å². The number of anilines is 2. The molecule has 3 atom stereocenters. The molecule has 8 nitrogen and oxygen atoms in total. The Morgan fingerprint density at radius 2 is 2.11 bits per heavy atom. The minimum atomic E-state index is -0.356. The van der Waals surface area contributed by atoms with Crippen LogP contribution < -0.4 is 15.5 Å². The molecule has 4 rings (SSSR count). The fraction of sp³-hybridized carbons (Fsp3) is 0.526. The number of nitrogens with one attached hydrogen (secondary N) is 2. The van der Waals surface area contributed by atoms with Crippen LogP contribution in [0.3, 0.4) is 0 Å². The van der Waals surface area contributed by atoms with Crippen molar-refractivity contribution in [2.24, 2.45) is 5.92 Å².